The highest BCUT2D eigenvalue weighted by Gasteiger charge is 2.13. The van der Waals surface area contributed by atoms with Crippen LogP contribution in [0.2, 0.25) is 10.0 Å². The number of aliphatic imine (C=N–C) groups is 1. The van der Waals surface area contributed by atoms with Crippen molar-refractivity contribution in [2.75, 3.05) is 0 Å². The molecule has 0 atom stereocenters. The predicted octanol–water partition coefficient (Wildman–Crippen LogP) is 6.46. The average Bonchev–Trinajstić information content (AvgIpc) is 3.12. The number of halogens is 2. The SMILES string of the molecule is O=[N+]([O-])c1ccc(C=Nc2ccc3oc(-c4cccc(Cl)c4Cl)nc3c2)cc1. The smallest absolute Gasteiger partial charge is 0.269 e. The summed E-state index contributed by atoms with van der Waals surface area (Å²) in [5.41, 5.74) is 3.29. The van der Waals surface area contributed by atoms with Crippen molar-refractivity contribution in [2.24, 2.45) is 4.99 Å². The zero-order chi connectivity index (χ0) is 19.7. The van der Waals surface area contributed by atoms with Crippen LogP contribution in [0.4, 0.5) is 11.4 Å². The Morgan fingerprint density at radius 2 is 1.86 bits per heavy atom. The van der Waals surface area contributed by atoms with Crippen LogP contribution in [0.25, 0.3) is 22.6 Å². The van der Waals surface area contributed by atoms with Crippen molar-refractivity contribution >= 4 is 51.9 Å². The minimum Gasteiger partial charge on any atom is -0.436 e. The Balaban J connectivity index is 1.63. The van der Waals surface area contributed by atoms with Crippen LogP contribution in [0.5, 0.6) is 0 Å². The Kier molecular flexibility index (Phi) is 4.81. The molecule has 0 bridgehead atoms. The summed E-state index contributed by atoms with van der Waals surface area (Å²) in [6.45, 7) is 0. The number of aromatic nitrogens is 1. The van der Waals surface area contributed by atoms with Gasteiger partial charge in [-0.3, -0.25) is 15.1 Å². The number of hydrogen-bond acceptors (Lipinski definition) is 5. The van der Waals surface area contributed by atoms with Crippen molar-refractivity contribution in [2.45, 2.75) is 0 Å². The number of nitrogens with zero attached hydrogens (tertiary/aromatic N) is 3. The molecule has 0 spiro atoms. The molecule has 0 N–H and O–H groups in total. The lowest BCUT2D eigenvalue weighted by molar-refractivity contribution is -0.384. The van der Waals surface area contributed by atoms with Gasteiger partial charge in [0.1, 0.15) is 5.52 Å². The minimum absolute atomic E-state index is 0.0355. The van der Waals surface area contributed by atoms with Crippen molar-refractivity contribution in [3.63, 3.8) is 0 Å². The van der Waals surface area contributed by atoms with Crippen LogP contribution >= 0.6 is 23.2 Å². The highest BCUT2D eigenvalue weighted by molar-refractivity contribution is 6.43. The molecule has 0 saturated heterocycles. The molecule has 0 unspecified atom stereocenters. The van der Waals surface area contributed by atoms with Gasteiger partial charge in [0.2, 0.25) is 5.89 Å². The fourth-order valence-electron chi connectivity index (χ4n) is 2.61. The molecular weight excluding hydrogens is 401 g/mol. The molecule has 0 fully saturated rings. The van der Waals surface area contributed by atoms with Crippen LogP contribution in [-0.4, -0.2) is 16.1 Å². The Bertz CT molecular complexity index is 1220. The number of hydrogen-bond donors (Lipinski definition) is 0. The quantitative estimate of drug-likeness (QED) is 0.219. The average molecular weight is 412 g/mol. The van der Waals surface area contributed by atoms with E-state index in [1.165, 1.54) is 12.1 Å². The van der Waals surface area contributed by atoms with Crippen LogP contribution in [0.1, 0.15) is 5.56 Å². The summed E-state index contributed by atoms with van der Waals surface area (Å²) in [4.78, 5) is 19.1. The Morgan fingerprint density at radius 1 is 1.07 bits per heavy atom. The maximum atomic E-state index is 10.7. The van der Waals surface area contributed by atoms with E-state index >= 15 is 0 Å². The normalized spacial score (nSPS) is 11.4. The van der Waals surface area contributed by atoms with Gasteiger partial charge in [-0.1, -0.05) is 29.3 Å². The van der Waals surface area contributed by atoms with Crippen molar-refractivity contribution in [3.8, 4) is 11.5 Å². The molecule has 3 aromatic carbocycles. The van der Waals surface area contributed by atoms with E-state index in [4.69, 9.17) is 27.6 Å². The fraction of sp³-hybridized carbons (Fsp3) is 0. The first-order valence-corrected chi connectivity index (χ1v) is 8.90. The first-order valence-electron chi connectivity index (χ1n) is 8.15. The molecule has 0 saturated carbocycles. The lowest BCUT2D eigenvalue weighted by Crippen LogP contribution is -1.88. The third-order valence-electron chi connectivity index (χ3n) is 4.02. The molecule has 138 valence electrons. The predicted molar refractivity (Wildman–Crippen MR) is 110 cm³/mol. The lowest BCUT2D eigenvalue weighted by atomic mass is 10.2. The maximum absolute atomic E-state index is 10.7. The molecule has 0 aliphatic rings. The van der Waals surface area contributed by atoms with E-state index < -0.39 is 4.92 Å². The second-order valence-corrected chi connectivity index (χ2v) is 6.66. The van der Waals surface area contributed by atoms with E-state index in [2.05, 4.69) is 9.98 Å². The van der Waals surface area contributed by atoms with Gasteiger partial charge in [-0.2, -0.15) is 0 Å². The van der Waals surface area contributed by atoms with E-state index in [0.717, 1.165) is 5.56 Å². The first kappa shape index (κ1) is 18.2. The molecule has 4 aromatic rings. The molecule has 4 rings (SSSR count). The van der Waals surface area contributed by atoms with Crippen molar-refractivity contribution in [1.82, 2.24) is 4.98 Å². The van der Waals surface area contributed by atoms with Gasteiger partial charge in [-0.05, 0) is 48.0 Å². The van der Waals surface area contributed by atoms with Gasteiger partial charge >= 0.3 is 0 Å². The van der Waals surface area contributed by atoms with Gasteiger partial charge in [0.05, 0.1) is 26.2 Å². The summed E-state index contributed by atoms with van der Waals surface area (Å²) in [6, 6.07) is 16.7. The van der Waals surface area contributed by atoms with Crippen LogP contribution < -0.4 is 0 Å². The summed E-state index contributed by atoms with van der Waals surface area (Å²) in [5.74, 6) is 0.374. The molecule has 0 radical (unpaired) electrons. The van der Waals surface area contributed by atoms with E-state index in [9.17, 15) is 10.1 Å². The second kappa shape index (κ2) is 7.42. The third kappa shape index (κ3) is 3.60. The van der Waals surface area contributed by atoms with Crippen LogP contribution in [0, 0.1) is 10.1 Å². The molecule has 8 heteroatoms. The number of fused-ring (bicyclic) bond motifs is 1. The Hall–Kier alpha value is -3.22. The monoisotopic (exact) mass is 411 g/mol. The lowest BCUT2D eigenvalue weighted by Gasteiger charge is -2.00. The number of nitro benzene ring substituents is 1. The second-order valence-electron chi connectivity index (χ2n) is 5.88. The Morgan fingerprint density at radius 3 is 2.61 bits per heavy atom. The van der Waals surface area contributed by atoms with Gasteiger partial charge in [0.15, 0.2) is 5.58 Å². The topological polar surface area (TPSA) is 81.5 Å². The van der Waals surface area contributed by atoms with Gasteiger partial charge in [-0.25, -0.2) is 4.98 Å². The standard InChI is InChI=1S/C20H11Cl2N3O3/c21-16-3-1-2-15(19(16)22)20-24-17-10-13(6-9-18(17)28-20)23-11-12-4-7-14(8-5-12)25(26)27/h1-11H. The number of rotatable bonds is 4. The largest absolute Gasteiger partial charge is 0.436 e. The van der Waals surface area contributed by atoms with Crippen LogP contribution in [0.3, 0.4) is 0 Å². The van der Waals surface area contributed by atoms with Crippen molar-refractivity contribution in [1.29, 1.82) is 0 Å². The molecule has 1 aromatic heterocycles. The third-order valence-corrected chi connectivity index (χ3v) is 4.84. The molecule has 6 nitrogen and oxygen atoms in total. The highest BCUT2D eigenvalue weighted by atomic mass is 35.5. The highest BCUT2D eigenvalue weighted by Crippen LogP contribution is 2.35. The van der Waals surface area contributed by atoms with E-state index in [-0.39, 0.29) is 5.69 Å². The summed E-state index contributed by atoms with van der Waals surface area (Å²) >= 11 is 12.3. The zero-order valence-electron chi connectivity index (χ0n) is 14.2. The van der Waals surface area contributed by atoms with Crippen molar-refractivity contribution < 1.29 is 9.34 Å². The van der Waals surface area contributed by atoms with E-state index in [0.29, 0.717) is 38.3 Å². The van der Waals surface area contributed by atoms with Crippen LogP contribution in [0.15, 0.2) is 70.1 Å². The number of nitro groups is 1. The number of benzene rings is 3. The molecule has 0 aliphatic heterocycles. The molecule has 1 heterocycles. The molecule has 0 amide bonds. The van der Waals surface area contributed by atoms with Crippen molar-refractivity contribution in [3.05, 3.63) is 86.4 Å². The minimum atomic E-state index is -0.441. The first-order chi connectivity index (χ1) is 13.5. The summed E-state index contributed by atoms with van der Waals surface area (Å²) < 4.78 is 5.77. The van der Waals surface area contributed by atoms with E-state index in [1.54, 1.807) is 54.7 Å². The molecular formula is C20H11Cl2N3O3. The molecule has 0 aliphatic carbocycles. The number of non-ortho nitro benzene ring substituents is 1. The van der Waals surface area contributed by atoms with E-state index in [1.807, 2.05) is 0 Å². The maximum Gasteiger partial charge on any atom is 0.269 e. The van der Waals surface area contributed by atoms with Gasteiger partial charge in [0.25, 0.3) is 5.69 Å². The summed E-state index contributed by atoms with van der Waals surface area (Å²) in [7, 11) is 0. The Labute approximate surface area is 169 Å². The van der Waals surface area contributed by atoms with Crippen LogP contribution in [-0.2, 0) is 0 Å². The summed E-state index contributed by atoms with van der Waals surface area (Å²) in [5, 5.41) is 11.5. The zero-order valence-corrected chi connectivity index (χ0v) is 15.7. The van der Waals surface area contributed by atoms with Gasteiger partial charge < -0.3 is 4.42 Å². The fourth-order valence-corrected chi connectivity index (χ4v) is 2.99. The number of oxazole rings is 1. The summed E-state index contributed by atoms with van der Waals surface area (Å²) in [6.07, 6.45) is 1.62. The van der Waals surface area contributed by atoms with Gasteiger partial charge in [-0.15, -0.1) is 0 Å². The molecule has 28 heavy (non-hydrogen) atoms. The van der Waals surface area contributed by atoms with Gasteiger partial charge in [0, 0.05) is 18.3 Å².